The summed E-state index contributed by atoms with van der Waals surface area (Å²) in [4.78, 5) is 11.7. The van der Waals surface area contributed by atoms with Crippen molar-refractivity contribution in [2.75, 3.05) is 6.61 Å². The maximum atomic E-state index is 11.7. The smallest absolute Gasteiger partial charge is 0.338 e. The van der Waals surface area contributed by atoms with Crippen LogP contribution in [0.4, 0.5) is 0 Å². The highest BCUT2D eigenvalue weighted by Crippen LogP contribution is 2.35. The third kappa shape index (κ3) is 2.25. The predicted octanol–water partition coefficient (Wildman–Crippen LogP) is 3.70. The number of pyridine rings is 1. The number of rotatable bonds is 4. The topological polar surface area (TPSA) is 50.9 Å². The Morgan fingerprint density at radius 1 is 1.14 bits per heavy atom. The SMILES string of the molecule is CCOc1ccccc1-c1cn2ccccc2c1C(=O)O. The highest BCUT2D eigenvalue weighted by Gasteiger charge is 2.20. The molecule has 3 rings (SSSR count). The molecular weight excluding hydrogens is 266 g/mol. The number of fused-ring (bicyclic) bond motifs is 1. The second-order valence-electron chi connectivity index (χ2n) is 4.65. The van der Waals surface area contributed by atoms with Crippen LogP contribution in [0.3, 0.4) is 0 Å². The first-order valence-corrected chi connectivity index (χ1v) is 6.77. The van der Waals surface area contributed by atoms with Crippen LogP contribution in [0.15, 0.2) is 54.9 Å². The van der Waals surface area contributed by atoms with E-state index in [1.54, 1.807) is 6.07 Å². The van der Waals surface area contributed by atoms with E-state index in [-0.39, 0.29) is 0 Å². The Hall–Kier alpha value is -2.75. The molecule has 1 aromatic carbocycles. The van der Waals surface area contributed by atoms with Crippen molar-refractivity contribution in [2.24, 2.45) is 0 Å². The molecule has 0 unspecified atom stereocenters. The minimum Gasteiger partial charge on any atom is -0.493 e. The standard InChI is InChI=1S/C17H15NO3/c1-2-21-15-9-4-3-7-12(15)13-11-18-10-6-5-8-14(18)16(13)17(19)20/h3-11H,2H2,1H3,(H,19,20). The van der Waals surface area contributed by atoms with E-state index >= 15 is 0 Å². The van der Waals surface area contributed by atoms with Gasteiger partial charge in [0.15, 0.2) is 0 Å². The molecule has 0 atom stereocenters. The van der Waals surface area contributed by atoms with Gasteiger partial charge in [0.1, 0.15) is 5.75 Å². The van der Waals surface area contributed by atoms with Gasteiger partial charge in [0.25, 0.3) is 0 Å². The number of hydrogen-bond acceptors (Lipinski definition) is 2. The van der Waals surface area contributed by atoms with Crippen molar-refractivity contribution >= 4 is 11.5 Å². The summed E-state index contributed by atoms with van der Waals surface area (Å²) in [6, 6.07) is 13.0. The third-order valence-corrected chi connectivity index (χ3v) is 3.37. The van der Waals surface area contributed by atoms with Crippen LogP contribution < -0.4 is 4.74 Å². The number of carboxylic acid groups (broad SMARTS) is 1. The number of nitrogens with zero attached hydrogens (tertiary/aromatic N) is 1. The second kappa shape index (κ2) is 5.32. The lowest BCUT2D eigenvalue weighted by Crippen LogP contribution is -1.99. The van der Waals surface area contributed by atoms with Gasteiger partial charge in [0.05, 0.1) is 17.7 Å². The monoisotopic (exact) mass is 281 g/mol. The van der Waals surface area contributed by atoms with Crippen LogP contribution in [0.25, 0.3) is 16.6 Å². The zero-order chi connectivity index (χ0) is 14.8. The predicted molar refractivity (Wildman–Crippen MR) is 81.0 cm³/mol. The molecule has 1 N–H and O–H groups in total. The number of aromatic nitrogens is 1. The van der Waals surface area contributed by atoms with Crippen LogP contribution >= 0.6 is 0 Å². The molecule has 106 valence electrons. The van der Waals surface area contributed by atoms with E-state index in [1.807, 2.05) is 60.1 Å². The van der Waals surface area contributed by atoms with Gasteiger partial charge in [-0.05, 0) is 25.1 Å². The van der Waals surface area contributed by atoms with E-state index in [1.165, 1.54) is 0 Å². The summed E-state index contributed by atoms with van der Waals surface area (Å²) >= 11 is 0. The van der Waals surface area contributed by atoms with Crippen molar-refractivity contribution in [3.63, 3.8) is 0 Å². The zero-order valence-electron chi connectivity index (χ0n) is 11.6. The summed E-state index contributed by atoms with van der Waals surface area (Å²) in [5.41, 5.74) is 2.42. The molecule has 2 aromatic heterocycles. The Morgan fingerprint density at radius 2 is 1.90 bits per heavy atom. The summed E-state index contributed by atoms with van der Waals surface area (Å²) in [5.74, 6) is -0.247. The number of hydrogen-bond donors (Lipinski definition) is 1. The fraction of sp³-hybridized carbons (Fsp3) is 0.118. The van der Waals surface area contributed by atoms with Crippen LogP contribution in [0.1, 0.15) is 17.3 Å². The first-order chi connectivity index (χ1) is 10.2. The lowest BCUT2D eigenvalue weighted by Gasteiger charge is -2.09. The summed E-state index contributed by atoms with van der Waals surface area (Å²) in [7, 11) is 0. The van der Waals surface area contributed by atoms with E-state index in [9.17, 15) is 9.90 Å². The van der Waals surface area contributed by atoms with Crippen LogP contribution in [-0.2, 0) is 0 Å². The molecule has 0 saturated heterocycles. The van der Waals surface area contributed by atoms with Crippen LogP contribution in [-0.4, -0.2) is 22.1 Å². The van der Waals surface area contributed by atoms with Crippen LogP contribution in [0.2, 0.25) is 0 Å². The molecule has 0 spiro atoms. The molecule has 2 heterocycles. The Kier molecular flexibility index (Phi) is 3.36. The Balaban J connectivity index is 2.30. The molecule has 0 aliphatic rings. The molecule has 4 heteroatoms. The van der Waals surface area contributed by atoms with Gasteiger partial charge >= 0.3 is 5.97 Å². The van der Waals surface area contributed by atoms with Crippen LogP contribution in [0.5, 0.6) is 5.75 Å². The number of ether oxygens (including phenoxy) is 1. The van der Waals surface area contributed by atoms with Crippen molar-refractivity contribution < 1.29 is 14.6 Å². The van der Waals surface area contributed by atoms with E-state index in [0.717, 1.165) is 5.56 Å². The number of benzene rings is 1. The molecule has 0 aliphatic carbocycles. The van der Waals surface area contributed by atoms with E-state index < -0.39 is 5.97 Å². The minimum absolute atomic E-state index is 0.294. The van der Waals surface area contributed by atoms with Gasteiger partial charge in [-0.25, -0.2) is 4.79 Å². The van der Waals surface area contributed by atoms with E-state index in [0.29, 0.717) is 29.0 Å². The Morgan fingerprint density at radius 3 is 2.67 bits per heavy atom. The molecular formula is C17H15NO3. The van der Waals surface area contributed by atoms with Gasteiger partial charge in [-0.15, -0.1) is 0 Å². The van der Waals surface area contributed by atoms with E-state index in [2.05, 4.69) is 0 Å². The second-order valence-corrected chi connectivity index (χ2v) is 4.65. The molecule has 3 aromatic rings. The van der Waals surface area contributed by atoms with Crippen LogP contribution in [0, 0.1) is 0 Å². The van der Waals surface area contributed by atoms with Crippen molar-refractivity contribution in [1.82, 2.24) is 4.40 Å². The van der Waals surface area contributed by atoms with Gasteiger partial charge in [-0.2, -0.15) is 0 Å². The number of carbonyl (C=O) groups is 1. The first kappa shape index (κ1) is 13.2. The van der Waals surface area contributed by atoms with Crippen molar-refractivity contribution in [3.05, 3.63) is 60.4 Å². The maximum absolute atomic E-state index is 11.7. The lowest BCUT2D eigenvalue weighted by molar-refractivity contribution is 0.0700. The van der Waals surface area contributed by atoms with Crippen molar-refractivity contribution in [1.29, 1.82) is 0 Å². The van der Waals surface area contributed by atoms with E-state index in [4.69, 9.17) is 4.74 Å². The largest absolute Gasteiger partial charge is 0.493 e. The number of carboxylic acids is 1. The highest BCUT2D eigenvalue weighted by molar-refractivity contribution is 6.04. The fourth-order valence-corrected chi connectivity index (χ4v) is 2.52. The Bertz CT molecular complexity index is 805. The average molecular weight is 281 g/mol. The first-order valence-electron chi connectivity index (χ1n) is 6.77. The molecule has 0 bridgehead atoms. The van der Waals surface area contributed by atoms with Gasteiger partial charge in [0.2, 0.25) is 0 Å². The maximum Gasteiger partial charge on any atom is 0.338 e. The van der Waals surface area contributed by atoms with Gasteiger partial charge in [0, 0.05) is 23.5 Å². The van der Waals surface area contributed by atoms with Gasteiger partial charge < -0.3 is 14.2 Å². The molecule has 4 nitrogen and oxygen atoms in total. The fourth-order valence-electron chi connectivity index (χ4n) is 2.52. The van der Waals surface area contributed by atoms with Gasteiger partial charge in [-0.1, -0.05) is 24.3 Å². The summed E-state index contributed by atoms with van der Waals surface area (Å²) in [6.45, 7) is 2.44. The number of aromatic carboxylic acids is 1. The number of para-hydroxylation sites is 1. The molecule has 0 radical (unpaired) electrons. The quantitative estimate of drug-likeness (QED) is 0.793. The molecule has 0 amide bonds. The Labute approximate surface area is 122 Å². The third-order valence-electron chi connectivity index (χ3n) is 3.37. The molecule has 21 heavy (non-hydrogen) atoms. The summed E-state index contributed by atoms with van der Waals surface area (Å²) in [6.07, 6.45) is 3.67. The van der Waals surface area contributed by atoms with Crippen molar-refractivity contribution in [3.8, 4) is 16.9 Å². The lowest BCUT2D eigenvalue weighted by atomic mass is 10.0. The van der Waals surface area contributed by atoms with Gasteiger partial charge in [-0.3, -0.25) is 0 Å². The average Bonchev–Trinajstić information content (AvgIpc) is 2.87. The highest BCUT2D eigenvalue weighted by atomic mass is 16.5. The molecule has 0 saturated carbocycles. The van der Waals surface area contributed by atoms with Crippen molar-refractivity contribution in [2.45, 2.75) is 6.92 Å². The minimum atomic E-state index is -0.940. The summed E-state index contributed by atoms with van der Waals surface area (Å²) < 4.78 is 7.44. The molecule has 0 aliphatic heterocycles. The normalized spacial score (nSPS) is 10.7. The zero-order valence-corrected chi connectivity index (χ0v) is 11.6. The molecule has 0 fully saturated rings. The summed E-state index contributed by atoms with van der Waals surface area (Å²) in [5, 5.41) is 9.58.